The van der Waals surface area contributed by atoms with Crippen molar-refractivity contribution in [2.45, 2.75) is 115 Å². The maximum Gasteiger partial charge on any atom is 0.182 e. The molecule has 0 saturated heterocycles. The Morgan fingerprint density at radius 2 is 1.16 bits per heavy atom. The summed E-state index contributed by atoms with van der Waals surface area (Å²) in [6, 6.07) is 2.58. The second-order valence-corrected chi connectivity index (χ2v) is 22.4. The number of hydrogen-bond donors (Lipinski definition) is 0. The summed E-state index contributed by atoms with van der Waals surface area (Å²) in [5.41, 5.74) is 3.18. The first-order valence-corrected chi connectivity index (χ1v) is 17.7. The summed E-state index contributed by atoms with van der Waals surface area (Å²) in [5, 5.41) is 0.491. The molecule has 0 heterocycles. The molecule has 2 aliphatic carbocycles. The van der Waals surface area contributed by atoms with Crippen LogP contribution in [0.2, 0.25) is 35.3 Å². The van der Waals surface area contributed by atoms with Crippen LogP contribution in [0.3, 0.4) is 0 Å². The molecule has 0 bridgehead atoms. The van der Waals surface area contributed by atoms with Gasteiger partial charge >= 0.3 is 0 Å². The predicted octanol–water partition coefficient (Wildman–Crippen LogP) is 9.58. The van der Waals surface area contributed by atoms with E-state index in [0.29, 0.717) is 0 Å². The Labute approximate surface area is 196 Å². The van der Waals surface area contributed by atoms with E-state index in [1.54, 1.807) is 11.1 Å². The molecule has 0 aliphatic heterocycles. The van der Waals surface area contributed by atoms with Gasteiger partial charge in [-0.3, -0.25) is 0 Å². The van der Waals surface area contributed by atoms with Gasteiger partial charge in [0.25, 0.3) is 0 Å². The van der Waals surface area contributed by atoms with Crippen molar-refractivity contribution in [1.82, 2.24) is 0 Å². The van der Waals surface area contributed by atoms with Crippen LogP contribution in [0.25, 0.3) is 0 Å². The minimum Gasteiger partial charge on any atom is -0.454 e. The van der Waals surface area contributed by atoms with Crippen molar-refractivity contribution in [3.63, 3.8) is 0 Å². The van der Waals surface area contributed by atoms with Crippen LogP contribution in [-0.2, 0) is 4.12 Å². The van der Waals surface area contributed by atoms with Gasteiger partial charge in [-0.2, -0.15) is 0 Å². The van der Waals surface area contributed by atoms with E-state index in [1.165, 1.54) is 37.8 Å². The summed E-state index contributed by atoms with van der Waals surface area (Å²) in [4.78, 5) is 0. The van der Waals surface area contributed by atoms with Gasteiger partial charge in [-0.05, 0) is 85.6 Å². The van der Waals surface area contributed by atoms with Crippen LogP contribution in [0, 0.1) is 11.8 Å². The molecule has 4 atom stereocenters. The van der Waals surface area contributed by atoms with Gasteiger partial charge in [0, 0.05) is 0 Å². The van der Waals surface area contributed by atoms with Gasteiger partial charge in [0.1, 0.15) is 0 Å². The minimum atomic E-state index is -1.95. The SMILES string of the molecule is C=CCC1=CCC(C[Si](C)(O[Si](C)(CC2CC=C(CC=C)C2)C(C)(C)C)C(C)(C)C)C1. The third-order valence-electron chi connectivity index (χ3n) is 8.37. The third-order valence-corrected chi connectivity index (χ3v) is 21.0. The molecular formula is C28H50OSi2. The Morgan fingerprint density at radius 1 is 0.806 bits per heavy atom. The fourth-order valence-electron chi connectivity index (χ4n) is 5.36. The van der Waals surface area contributed by atoms with Gasteiger partial charge < -0.3 is 4.12 Å². The molecule has 0 fully saturated rings. The van der Waals surface area contributed by atoms with Crippen molar-refractivity contribution in [2.75, 3.05) is 0 Å². The van der Waals surface area contributed by atoms with Crippen molar-refractivity contribution in [2.24, 2.45) is 11.8 Å². The molecule has 176 valence electrons. The van der Waals surface area contributed by atoms with E-state index < -0.39 is 16.6 Å². The molecule has 3 heteroatoms. The molecule has 31 heavy (non-hydrogen) atoms. The third kappa shape index (κ3) is 6.68. The van der Waals surface area contributed by atoms with E-state index in [-0.39, 0.29) is 10.1 Å². The molecule has 2 aliphatic rings. The van der Waals surface area contributed by atoms with Gasteiger partial charge in [-0.1, -0.05) is 77.0 Å². The average molecular weight is 459 g/mol. The monoisotopic (exact) mass is 458 g/mol. The zero-order valence-electron chi connectivity index (χ0n) is 21.9. The van der Waals surface area contributed by atoms with E-state index in [1.807, 2.05) is 0 Å². The Balaban J connectivity index is 2.20. The molecule has 0 aromatic heterocycles. The molecule has 0 aromatic rings. The fourth-order valence-corrected chi connectivity index (χ4v) is 16.5. The zero-order valence-corrected chi connectivity index (χ0v) is 23.9. The van der Waals surface area contributed by atoms with E-state index in [4.69, 9.17) is 4.12 Å². The van der Waals surface area contributed by atoms with Crippen molar-refractivity contribution < 1.29 is 4.12 Å². The average Bonchev–Trinajstić information content (AvgIpc) is 3.23. The second kappa shape index (κ2) is 10.1. The summed E-state index contributed by atoms with van der Waals surface area (Å²) < 4.78 is 7.66. The quantitative estimate of drug-likeness (QED) is 0.234. The highest BCUT2D eigenvalue weighted by molar-refractivity contribution is 6.88. The Morgan fingerprint density at radius 3 is 1.45 bits per heavy atom. The lowest BCUT2D eigenvalue weighted by Crippen LogP contribution is -2.58. The van der Waals surface area contributed by atoms with Crippen LogP contribution >= 0.6 is 0 Å². The summed E-state index contributed by atoms with van der Waals surface area (Å²) in [7, 11) is -3.90. The van der Waals surface area contributed by atoms with E-state index in [0.717, 1.165) is 24.7 Å². The molecule has 0 amide bonds. The molecule has 2 rings (SSSR count). The first kappa shape index (κ1) is 26.6. The standard InChI is InChI=1S/C28H50OSi2/c1-11-13-23-15-17-25(19-23)21-30(9,27(3,4)5)29-31(10,28(6,7)8)22-26-18-16-24(20-26)14-12-2/h11-12,15-16,25-26H,1-2,13-14,17-22H2,3-10H3. The van der Waals surface area contributed by atoms with E-state index in [9.17, 15) is 0 Å². The largest absolute Gasteiger partial charge is 0.454 e. The first-order chi connectivity index (χ1) is 14.2. The molecule has 0 aromatic carbocycles. The number of hydrogen-bond acceptors (Lipinski definition) is 1. The summed E-state index contributed by atoms with van der Waals surface area (Å²) in [6.07, 6.45) is 16.2. The smallest absolute Gasteiger partial charge is 0.182 e. The lowest BCUT2D eigenvalue weighted by Gasteiger charge is -2.52. The van der Waals surface area contributed by atoms with Crippen LogP contribution in [0.15, 0.2) is 48.6 Å². The zero-order chi connectivity index (χ0) is 23.5. The highest BCUT2D eigenvalue weighted by Crippen LogP contribution is 2.52. The van der Waals surface area contributed by atoms with Gasteiger partial charge in [0.2, 0.25) is 0 Å². The number of allylic oxidation sites excluding steroid dienone is 6. The van der Waals surface area contributed by atoms with Crippen molar-refractivity contribution >= 4 is 16.6 Å². The van der Waals surface area contributed by atoms with Gasteiger partial charge in [-0.15, -0.1) is 13.2 Å². The Bertz CT molecular complexity index is 646. The lowest BCUT2D eigenvalue weighted by atomic mass is 10.1. The highest BCUT2D eigenvalue weighted by Gasteiger charge is 2.53. The van der Waals surface area contributed by atoms with Crippen molar-refractivity contribution in [1.29, 1.82) is 0 Å². The van der Waals surface area contributed by atoms with E-state index in [2.05, 4.69) is 92.1 Å². The van der Waals surface area contributed by atoms with Crippen LogP contribution in [0.1, 0.15) is 80.1 Å². The Kier molecular flexibility index (Phi) is 8.66. The molecule has 1 nitrogen and oxygen atoms in total. The predicted molar refractivity (Wildman–Crippen MR) is 145 cm³/mol. The maximum absolute atomic E-state index is 7.66. The molecular weight excluding hydrogens is 408 g/mol. The van der Waals surface area contributed by atoms with Gasteiger partial charge in [-0.25, -0.2) is 0 Å². The summed E-state index contributed by atoms with van der Waals surface area (Å²) in [5.74, 6) is 1.52. The van der Waals surface area contributed by atoms with Gasteiger partial charge in [0.15, 0.2) is 16.6 Å². The van der Waals surface area contributed by atoms with Crippen molar-refractivity contribution in [3.05, 3.63) is 48.6 Å². The lowest BCUT2D eigenvalue weighted by molar-refractivity contribution is 0.404. The number of rotatable bonds is 10. The van der Waals surface area contributed by atoms with Crippen LogP contribution in [-0.4, -0.2) is 16.6 Å². The van der Waals surface area contributed by atoms with E-state index >= 15 is 0 Å². The van der Waals surface area contributed by atoms with Crippen LogP contribution in [0.4, 0.5) is 0 Å². The first-order valence-electron chi connectivity index (χ1n) is 12.5. The molecule has 0 radical (unpaired) electrons. The Hall–Kier alpha value is -0.646. The maximum atomic E-state index is 7.66. The summed E-state index contributed by atoms with van der Waals surface area (Å²) in [6.45, 7) is 27.7. The fraction of sp³-hybridized carbons (Fsp3) is 0.714. The second-order valence-electron chi connectivity index (χ2n) is 12.8. The van der Waals surface area contributed by atoms with Crippen LogP contribution < -0.4 is 0 Å². The molecule has 0 N–H and O–H groups in total. The minimum absolute atomic E-state index is 0.246. The molecule has 4 unspecified atom stereocenters. The topological polar surface area (TPSA) is 9.23 Å². The van der Waals surface area contributed by atoms with Crippen LogP contribution in [0.5, 0.6) is 0 Å². The summed E-state index contributed by atoms with van der Waals surface area (Å²) >= 11 is 0. The van der Waals surface area contributed by atoms with Gasteiger partial charge in [0.05, 0.1) is 0 Å². The molecule has 0 saturated carbocycles. The van der Waals surface area contributed by atoms with Crippen molar-refractivity contribution in [3.8, 4) is 0 Å². The highest BCUT2D eigenvalue weighted by atomic mass is 28.4. The normalized spacial score (nSPS) is 26.1. The molecule has 0 spiro atoms.